The SMILES string of the molecule is Cc1ccc(S(=O)(=O)N(CC(=O)N(Cc2cccc(Br)c2)[C@H](Cc2ccccc2)C(=O)NC2CCCCC2)c2cc(Cl)ccc2Cl)cc1. The summed E-state index contributed by atoms with van der Waals surface area (Å²) in [7, 11) is -4.31. The molecule has 0 heterocycles. The molecule has 0 saturated heterocycles. The lowest BCUT2D eigenvalue weighted by molar-refractivity contribution is -0.140. The molecule has 0 spiro atoms. The average molecular weight is 772 g/mol. The predicted octanol–water partition coefficient (Wildman–Crippen LogP) is 8.35. The molecule has 4 aromatic carbocycles. The molecule has 7 nitrogen and oxygen atoms in total. The highest BCUT2D eigenvalue weighted by atomic mass is 79.9. The molecular formula is C37H38BrCl2N3O4S. The number of carbonyl (C=O) groups is 2. The standard InChI is InChI=1S/C37H38BrCl2N3O4S/c1-26-15-18-32(19-16-26)48(46,47)43(34-23-30(39)17-20-33(34)40)25-36(44)42(24-28-11-8-12-29(38)21-28)35(22-27-9-4-2-5-10-27)37(45)41-31-13-6-3-7-14-31/h2,4-5,8-12,15-21,23,31,35H,3,6-7,13-14,22,24-25H2,1H3,(H,41,45)/t35-/m1/s1. The van der Waals surface area contributed by atoms with Crippen LogP contribution in [0.1, 0.15) is 48.8 Å². The average Bonchev–Trinajstić information content (AvgIpc) is 3.07. The second-order valence-corrected chi connectivity index (χ2v) is 15.7. The molecular weight excluding hydrogens is 733 g/mol. The second-order valence-electron chi connectivity index (χ2n) is 12.1. The van der Waals surface area contributed by atoms with Crippen molar-refractivity contribution in [2.75, 3.05) is 10.8 Å². The van der Waals surface area contributed by atoms with Crippen LogP contribution >= 0.6 is 39.1 Å². The molecule has 1 atom stereocenters. The number of nitrogens with one attached hydrogen (secondary N) is 1. The van der Waals surface area contributed by atoms with Crippen molar-refractivity contribution in [1.82, 2.24) is 10.2 Å². The highest BCUT2D eigenvalue weighted by Gasteiger charge is 2.36. The van der Waals surface area contributed by atoms with Gasteiger partial charge in [0.1, 0.15) is 12.6 Å². The van der Waals surface area contributed by atoms with Gasteiger partial charge in [0.25, 0.3) is 10.0 Å². The summed E-state index contributed by atoms with van der Waals surface area (Å²) < 4.78 is 30.4. The number of sulfonamides is 1. The zero-order valence-electron chi connectivity index (χ0n) is 26.6. The molecule has 0 aliphatic heterocycles. The minimum Gasteiger partial charge on any atom is -0.352 e. The first kappa shape index (κ1) is 35.9. The van der Waals surface area contributed by atoms with Crippen LogP contribution in [-0.2, 0) is 32.6 Å². The van der Waals surface area contributed by atoms with Crippen LogP contribution < -0.4 is 9.62 Å². The second kappa shape index (κ2) is 16.4. The fourth-order valence-corrected chi connectivity index (χ4v) is 8.27. The number of anilines is 1. The fourth-order valence-electron chi connectivity index (χ4n) is 5.96. The number of amides is 2. The third kappa shape index (κ3) is 9.20. The summed E-state index contributed by atoms with van der Waals surface area (Å²) in [4.78, 5) is 30.4. The number of benzene rings is 4. The molecule has 48 heavy (non-hydrogen) atoms. The fraction of sp³-hybridized carbons (Fsp3) is 0.297. The van der Waals surface area contributed by atoms with E-state index in [1.54, 1.807) is 18.2 Å². The topological polar surface area (TPSA) is 86.8 Å². The monoisotopic (exact) mass is 769 g/mol. The highest BCUT2D eigenvalue weighted by molar-refractivity contribution is 9.10. The van der Waals surface area contributed by atoms with Gasteiger partial charge in [0.15, 0.2) is 0 Å². The molecule has 1 aliphatic rings. The molecule has 4 aromatic rings. The lowest BCUT2D eigenvalue weighted by Crippen LogP contribution is -2.55. The van der Waals surface area contributed by atoms with Crippen LogP contribution in [0.25, 0.3) is 0 Å². The molecule has 0 radical (unpaired) electrons. The summed E-state index contributed by atoms with van der Waals surface area (Å²) in [5.41, 5.74) is 2.59. The predicted molar refractivity (Wildman–Crippen MR) is 196 cm³/mol. The van der Waals surface area contributed by atoms with Gasteiger partial charge in [0.2, 0.25) is 11.8 Å². The molecule has 1 N–H and O–H groups in total. The molecule has 0 aromatic heterocycles. The maximum atomic E-state index is 14.7. The van der Waals surface area contributed by atoms with E-state index in [1.807, 2.05) is 61.5 Å². The minimum atomic E-state index is -4.31. The molecule has 1 saturated carbocycles. The number of hydrogen-bond acceptors (Lipinski definition) is 4. The van der Waals surface area contributed by atoms with E-state index in [0.717, 1.165) is 57.6 Å². The third-order valence-electron chi connectivity index (χ3n) is 8.53. The Morgan fingerprint density at radius 1 is 0.875 bits per heavy atom. The molecule has 252 valence electrons. The van der Waals surface area contributed by atoms with Gasteiger partial charge in [0.05, 0.1) is 15.6 Å². The smallest absolute Gasteiger partial charge is 0.264 e. The van der Waals surface area contributed by atoms with Gasteiger partial charge in [-0.25, -0.2) is 8.42 Å². The molecule has 1 fully saturated rings. The Labute approximate surface area is 301 Å². The number of carbonyl (C=O) groups excluding carboxylic acids is 2. The summed E-state index contributed by atoms with van der Waals surface area (Å²) in [6.07, 6.45) is 5.17. The van der Waals surface area contributed by atoms with Crippen LogP contribution in [0.5, 0.6) is 0 Å². The van der Waals surface area contributed by atoms with Crippen LogP contribution in [-0.4, -0.2) is 43.8 Å². The number of nitrogens with zero attached hydrogens (tertiary/aromatic N) is 2. The number of hydrogen-bond donors (Lipinski definition) is 1. The minimum absolute atomic E-state index is 0.00800. The van der Waals surface area contributed by atoms with E-state index in [1.165, 1.54) is 29.2 Å². The van der Waals surface area contributed by atoms with Crippen LogP contribution in [0.15, 0.2) is 106 Å². The molecule has 2 amide bonds. The largest absolute Gasteiger partial charge is 0.352 e. The van der Waals surface area contributed by atoms with E-state index in [-0.39, 0.29) is 45.5 Å². The van der Waals surface area contributed by atoms with E-state index in [2.05, 4.69) is 21.2 Å². The first-order valence-corrected chi connectivity index (χ1v) is 18.9. The van der Waals surface area contributed by atoms with E-state index in [4.69, 9.17) is 23.2 Å². The van der Waals surface area contributed by atoms with Crippen LogP contribution in [0.4, 0.5) is 5.69 Å². The van der Waals surface area contributed by atoms with Gasteiger partial charge in [-0.05, 0) is 73.4 Å². The number of halogens is 3. The Morgan fingerprint density at radius 2 is 1.56 bits per heavy atom. The summed E-state index contributed by atoms with van der Waals surface area (Å²) >= 11 is 16.5. The van der Waals surface area contributed by atoms with Gasteiger partial charge in [-0.2, -0.15) is 0 Å². The van der Waals surface area contributed by atoms with Crippen molar-refractivity contribution in [2.24, 2.45) is 0 Å². The van der Waals surface area contributed by atoms with Crippen molar-refractivity contribution in [1.29, 1.82) is 0 Å². The summed E-state index contributed by atoms with van der Waals surface area (Å²) in [6, 6.07) is 26.9. The molecule has 5 rings (SSSR count). The molecule has 1 aliphatic carbocycles. The zero-order chi connectivity index (χ0) is 34.3. The van der Waals surface area contributed by atoms with E-state index in [9.17, 15) is 18.0 Å². The Kier molecular flexibility index (Phi) is 12.2. The van der Waals surface area contributed by atoms with Crippen LogP contribution in [0, 0.1) is 6.92 Å². The van der Waals surface area contributed by atoms with Gasteiger partial charge in [-0.1, -0.05) is 119 Å². The Balaban J connectivity index is 1.59. The van der Waals surface area contributed by atoms with Crippen LogP contribution in [0.3, 0.4) is 0 Å². The molecule has 11 heteroatoms. The van der Waals surface area contributed by atoms with Gasteiger partial charge in [0, 0.05) is 28.5 Å². The van der Waals surface area contributed by atoms with E-state index in [0.29, 0.717) is 0 Å². The van der Waals surface area contributed by atoms with Gasteiger partial charge in [-0.15, -0.1) is 0 Å². The maximum Gasteiger partial charge on any atom is 0.264 e. The Hall–Kier alpha value is -3.37. The van der Waals surface area contributed by atoms with Crippen molar-refractivity contribution in [3.63, 3.8) is 0 Å². The van der Waals surface area contributed by atoms with Crippen molar-refractivity contribution in [2.45, 2.75) is 69.0 Å². The Morgan fingerprint density at radius 3 is 2.25 bits per heavy atom. The third-order valence-corrected chi connectivity index (χ3v) is 11.4. The van der Waals surface area contributed by atoms with Crippen molar-refractivity contribution < 1.29 is 18.0 Å². The van der Waals surface area contributed by atoms with Gasteiger partial charge in [-0.3, -0.25) is 13.9 Å². The quantitative estimate of drug-likeness (QED) is 0.157. The summed E-state index contributed by atoms with van der Waals surface area (Å²) in [6.45, 7) is 1.30. The zero-order valence-corrected chi connectivity index (χ0v) is 30.5. The lowest BCUT2D eigenvalue weighted by Gasteiger charge is -2.35. The molecule has 0 unspecified atom stereocenters. The first-order valence-electron chi connectivity index (χ1n) is 15.9. The van der Waals surface area contributed by atoms with Crippen LogP contribution in [0.2, 0.25) is 10.0 Å². The van der Waals surface area contributed by atoms with E-state index >= 15 is 0 Å². The molecule has 0 bridgehead atoms. The first-order chi connectivity index (χ1) is 23.0. The Bertz CT molecular complexity index is 1840. The maximum absolute atomic E-state index is 14.7. The van der Waals surface area contributed by atoms with Crippen molar-refractivity contribution in [3.8, 4) is 0 Å². The van der Waals surface area contributed by atoms with Crippen molar-refractivity contribution in [3.05, 3.63) is 128 Å². The highest BCUT2D eigenvalue weighted by Crippen LogP contribution is 2.33. The van der Waals surface area contributed by atoms with Crippen molar-refractivity contribution >= 4 is 66.7 Å². The lowest BCUT2D eigenvalue weighted by atomic mass is 9.94. The normalized spacial score (nSPS) is 14.2. The van der Waals surface area contributed by atoms with Gasteiger partial charge < -0.3 is 10.2 Å². The number of aryl methyl sites for hydroxylation is 1. The van der Waals surface area contributed by atoms with E-state index < -0.39 is 28.5 Å². The summed E-state index contributed by atoms with van der Waals surface area (Å²) in [5.74, 6) is -0.843. The number of rotatable bonds is 12. The summed E-state index contributed by atoms with van der Waals surface area (Å²) in [5, 5.41) is 3.59. The van der Waals surface area contributed by atoms with Gasteiger partial charge >= 0.3 is 0 Å².